The highest BCUT2D eigenvalue weighted by molar-refractivity contribution is 5.48. The summed E-state index contributed by atoms with van der Waals surface area (Å²) in [7, 11) is 1.70. The summed E-state index contributed by atoms with van der Waals surface area (Å²) in [6.45, 7) is 5.58. The highest BCUT2D eigenvalue weighted by atomic mass is 19.4. The lowest BCUT2D eigenvalue weighted by molar-refractivity contribution is -0.167. The molecule has 3 fully saturated rings. The minimum atomic E-state index is -4.32. The molecule has 0 aromatic heterocycles. The number of rotatable bonds is 5. The Morgan fingerprint density at radius 2 is 1.88 bits per heavy atom. The molecule has 2 aliphatic carbocycles. The lowest BCUT2D eigenvalue weighted by Gasteiger charge is -2.68. The van der Waals surface area contributed by atoms with Crippen LogP contribution in [0.2, 0.25) is 0 Å². The zero-order valence-electron chi connectivity index (χ0n) is 19.6. The van der Waals surface area contributed by atoms with E-state index in [0.717, 1.165) is 31.6 Å². The average Bonchev–Trinajstić information content (AvgIpc) is 2.79. The number of nitrogens with zero attached hydrogens (tertiary/aromatic N) is 1. The Morgan fingerprint density at radius 1 is 1.12 bits per heavy atom. The topological polar surface area (TPSA) is 24.5 Å². The number of hydrogen-bond acceptors (Lipinski definition) is 3. The predicted octanol–water partition coefficient (Wildman–Crippen LogP) is 7.03. The third-order valence-electron chi connectivity index (χ3n) is 8.65. The van der Waals surface area contributed by atoms with Crippen molar-refractivity contribution in [2.45, 2.75) is 64.1 Å². The molecule has 1 saturated carbocycles. The van der Waals surface area contributed by atoms with Crippen molar-refractivity contribution in [3.63, 3.8) is 0 Å². The number of hydrazine groups is 1. The monoisotopic (exact) mass is 458 g/mol. The van der Waals surface area contributed by atoms with Gasteiger partial charge >= 0.3 is 6.18 Å². The fourth-order valence-electron chi connectivity index (χ4n) is 7.15. The molecule has 1 spiro atoms. The van der Waals surface area contributed by atoms with E-state index in [9.17, 15) is 13.2 Å². The minimum absolute atomic E-state index is 0.153. The van der Waals surface area contributed by atoms with Crippen LogP contribution in [0.3, 0.4) is 0 Å². The maximum absolute atomic E-state index is 13.1. The molecule has 4 aliphatic rings. The third kappa shape index (κ3) is 3.52. The van der Waals surface area contributed by atoms with Crippen molar-refractivity contribution in [3.05, 3.63) is 59.2 Å². The molecular formula is C27H33F3N2O. The van der Waals surface area contributed by atoms with Crippen LogP contribution in [0.25, 0.3) is 0 Å². The van der Waals surface area contributed by atoms with E-state index < -0.39 is 11.7 Å². The molecule has 6 heteroatoms. The number of benzene rings is 2. The van der Waals surface area contributed by atoms with Gasteiger partial charge in [0, 0.05) is 12.2 Å². The zero-order chi connectivity index (χ0) is 23.4. The van der Waals surface area contributed by atoms with Crippen LogP contribution >= 0.6 is 0 Å². The van der Waals surface area contributed by atoms with Crippen molar-refractivity contribution in [3.8, 4) is 5.75 Å². The molecule has 1 N–H and O–H groups in total. The number of fused-ring (bicyclic) bond motifs is 3. The van der Waals surface area contributed by atoms with E-state index >= 15 is 0 Å². The molecule has 33 heavy (non-hydrogen) atoms. The smallest absolute Gasteiger partial charge is 0.416 e. The number of halogens is 3. The Labute approximate surface area is 194 Å². The Bertz CT molecular complexity index is 1020. The van der Waals surface area contributed by atoms with Gasteiger partial charge in [0.2, 0.25) is 0 Å². The van der Waals surface area contributed by atoms with Crippen LogP contribution in [-0.4, -0.2) is 18.7 Å². The number of alkyl halides is 3. The van der Waals surface area contributed by atoms with Crippen LogP contribution < -0.4 is 10.2 Å². The van der Waals surface area contributed by atoms with Crippen LogP contribution in [0.5, 0.6) is 5.75 Å². The molecule has 2 heterocycles. The van der Waals surface area contributed by atoms with E-state index in [4.69, 9.17) is 4.74 Å². The van der Waals surface area contributed by atoms with Gasteiger partial charge in [-0.05, 0) is 96.9 Å². The summed E-state index contributed by atoms with van der Waals surface area (Å²) in [6.07, 6.45) is 2.48. The molecule has 6 rings (SSSR count). The van der Waals surface area contributed by atoms with Gasteiger partial charge in [0.15, 0.2) is 0 Å². The standard InChI is InChI=1S/C27H33F3N2O/c1-4-5-23-24-12-6-18-16-21(33-3)11-13-22(18)26(24)15-14-25(23,2)17-32(26)31-20-9-7-19(8-10-20)27(28,29)30/h7-11,13,16,23-24,31H,4-6,12,14-15,17H2,1-3H3/t23-,24-,25+,26-/m0/s1. The van der Waals surface area contributed by atoms with E-state index in [1.165, 1.54) is 42.5 Å². The number of piperidine rings is 2. The van der Waals surface area contributed by atoms with Crippen LogP contribution in [0, 0.1) is 17.3 Å². The number of hydrogen-bond donors (Lipinski definition) is 1. The normalized spacial score (nSPS) is 31.1. The van der Waals surface area contributed by atoms with Gasteiger partial charge in [0.05, 0.1) is 18.2 Å². The first kappa shape index (κ1) is 22.6. The molecule has 0 radical (unpaired) electrons. The number of anilines is 1. The number of nitrogens with one attached hydrogen (secondary N) is 1. The van der Waals surface area contributed by atoms with Gasteiger partial charge in [0.25, 0.3) is 0 Å². The average molecular weight is 459 g/mol. The largest absolute Gasteiger partial charge is 0.497 e. The van der Waals surface area contributed by atoms with E-state index in [1.807, 2.05) is 0 Å². The Morgan fingerprint density at radius 3 is 2.55 bits per heavy atom. The summed E-state index contributed by atoms with van der Waals surface area (Å²) in [5, 5.41) is 2.38. The van der Waals surface area contributed by atoms with Crippen molar-refractivity contribution in [1.82, 2.24) is 5.01 Å². The second-order valence-corrected chi connectivity index (χ2v) is 10.4. The number of methoxy groups -OCH3 is 1. The highest BCUT2D eigenvalue weighted by Crippen LogP contribution is 2.64. The van der Waals surface area contributed by atoms with Crippen LogP contribution in [-0.2, 0) is 18.1 Å². The van der Waals surface area contributed by atoms with Gasteiger partial charge in [0.1, 0.15) is 5.75 Å². The van der Waals surface area contributed by atoms with Crippen molar-refractivity contribution in [2.24, 2.45) is 17.3 Å². The summed E-state index contributed by atoms with van der Waals surface area (Å²) < 4.78 is 44.7. The number of aryl methyl sites for hydroxylation is 1. The predicted molar refractivity (Wildman–Crippen MR) is 124 cm³/mol. The van der Waals surface area contributed by atoms with Gasteiger partial charge in [-0.3, -0.25) is 0 Å². The summed E-state index contributed by atoms with van der Waals surface area (Å²) in [6, 6.07) is 11.9. The maximum atomic E-state index is 13.1. The molecule has 2 aromatic carbocycles. The van der Waals surface area contributed by atoms with Crippen molar-refractivity contribution in [2.75, 3.05) is 19.1 Å². The van der Waals surface area contributed by atoms with Crippen LogP contribution in [0.15, 0.2) is 42.5 Å². The zero-order valence-corrected chi connectivity index (χ0v) is 19.6. The van der Waals surface area contributed by atoms with Crippen molar-refractivity contribution in [1.29, 1.82) is 0 Å². The first-order valence-electron chi connectivity index (χ1n) is 12.1. The van der Waals surface area contributed by atoms with Crippen molar-refractivity contribution >= 4 is 5.69 Å². The highest BCUT2D eigenvalue weighted by Gasteiger charge is 2.63. The van der Waals surface area contributed by atoms with Crippen molar-refractivity contribution < 1.29 is 17.9 Å². The molecule has 178 valence electrons. The molecule has 2 aromatic rings. The Balaban J connectivity index is 1.56. The van der Waals surface area contributed by atoms with Gasteiger partial charge in [-0.15, -0.1) is 0 Å². The summed E-state index contributed by atoms with van der Waals surface area (Å²) in [4.78, 5) is 0. The molecule has 2 aliphatic heterocycles. The van der Waals surface area contributed by atoms with E-state index in [-0.39, 0.29) is 11.0 Å². The first-order valence-corrected chi connectivity index (χ1v) is 12.1. The molecule has 4 atom stereocenters. The lowest BCUT2D eigenvalue weighted by Crippen LogP contribution is -2.70. The maximum Gasteiger partial charge on any atom is 0.416 e. The van der Waals surface area contributed by atoms with Gasteiger partial charge in [-0.1, -0.05) is 26.3 Å². The third-order valence-corrected chi connectivity index (χ3v) is 8.65. The summed E-state index contributed by atoms with van der Waals surface area (Å²) in [5.41, 5.74) is 6.41. The van der Waals surface area contributed by atoms with Gasteiger partial charge < -0.3 is 10.2 Å². The summed E-state index contributed by atoms with van der Waals surface area (Å²) >= 11 is 0. The van der Waals surface area contributed by atoms with E-state index in [2.05, 4.69) is 42.5 Å². The summed E-state index contributed by atoms with van der Waals surface area (Å²) in [5.74, 6) is 2.05. The second-order valence-electron chi connectivity index (χ2n) is 10.4. The van der Waals surface area contributed by atoms with Gasteiger partial charge in [-0.2, -0.15) is 13.2 Å². The van der Waals surface area contributed by atoms with Gasteiger partial charge in [-0.25, -0.2) is 5.01 Å². The molecule has 0 amide bonds. The van der Waals surface area contributed by atoms with E-state index in [0.29, 0.717) is 17.5 Å². The quantitative estimate of drug-likeness (QED) is 0.521. The SMILES string of the molecule is CCC[C@H]1[C@@H]2CCc3cc(OC)ccc3[C@@]23CC[C@]1(C)CN3Nc1ccc(C(F)(F)F)cc1. The van der Waals surface area contributed by atoms with E-state index in [1.54, 1.807) is 19.2 Å². The molecule has 2 saturated heterocycles. The Kier molecular flexibility index (Phi) is 5.43. The molecule has 2 bridgehead atoms. The molecule has 3 nitrogen and oxygen atoms in total. The lowest BCUT2D eigenvalue weighted by atomic mass is 9.47. The number of ether oxygens (including phenoxy) is 1. The molecular weight excluding hydrogens is 425 g/mol. The first-order chi connectivity index (χ1) is 15.7. The van der Waals surface area contributed by atoms with Crippen LogP contribution in [0.4, 0.5) is 18.9 Å². The second kappa shape index (κ2) is 7.93. The fraction of sp³-hybridized carbons (Fsp3) is 0.556. The molecule has 0 unspecified atom stereocenters. The Hall–Kier alpha value is -2.21. The minimum Gasteiger partial charge on any atom is -0.497 e. The van der Waals surface area contributed by atoms with Crippen LogP contribution in [0.1, 0.15) is 62.6 Å². The fourth-order valence-corrected chi connectivity index (χ4v) is 7.15.